The van der Waals surface area contributed by atoms with Crippen molar-refractivity contribution in [1.29, 1.82) is 0 Å². The van der Waals surface area contributed by atoms with Crippen LogP contribution in [0.1, 0.15) is 6.42 Å². The molecule has 0 aliphatic heterocycles. The molecule has 1 aromatic rings. The van der Waals surface area contributed by atoms with Crippen LogP contribution in [0.25, 0.3) is 0 Å². The number of thiol groups is 1. The molecule has 0 radical (unpaired) electrons. The highest BCUT2D eigenvalue weighted by Crippen LogP contribution is 2.25. The second-order valence-electron chi connectivity index (χ2n) is 2.46. The SMILES string of the molecule is O=C(O)CCSc1ccccc1S. The number of benzene rings is 1. The topological polar surface area (TPSA) is 37.3 Å². The number of carboxylic acid groups (broad SMARTS) is 1. The molecule has 0 amide bonds. The molecule has 4 heteroatoms. The summed E-state index contributed by atoms with van der Waals surface area (Å²) in [6, 6.07) is 7.66. The lowest BCUT2D eigenvalue weighted by Crippen LogP contribution is -1.95. The van der Waals surface area contributed by atoms with Gasteiger partial charge in [-0.05, 0) is 12.1 Å². The molecule has 2 nitrogen and oxygen atoms in total. The third-order valence-electron chi connectivity index (χ3n) is 1.44. The zero-order chi connectivity index (χ0) is 9.68. The van der Waals surface area contributed by atoms with Crippen molar-refractivity contribution in [1.82, 2.24) is 0 Å². The van der Waals surface area contributed by atoms with Crippen LogP contribution in [-0.2, 0) is 4.79 Å². The summed E-state index contributed by atoms with van der Waals surface area (Å²) < 4.78 is 0. The third kappa shape index (κ3) is 3.74. The van der Waals surface area contributed by atoms with E-state index in [1.54, 1.807) is 0 Å². The molecule has 0 bridgehead atoms. The smallest absolute Gasteiger partial charge is 0.304 e. The fourth-order valence-electron chi connectivity index (χ4n) is 0.828. The molecule has 0 atom stereocenters. The second kappa shape index (κ2) is 5.19. The average molecular weight is 214 g/mol. The largest absolute Gasteiger partial charge is 0.481 e. The van der Waals surface area contributed by atoms with Gasteiger partial charge in [0.1, 0.15) is 0 Å². The van der Waals surface area contributed by atoms with Gasteiger partial charge in [0.25, 0.3) is 0 Å². The Bertz CT molecular complexity index is 299. The summed E-state index contributed by atoms with van der Waals surface area (Å²) in [7, 11) is 0. The van der Waals surface area contributed by atoms with E-state index in [-0.39, 0.29) is 6.42 Å². The van der Waals surface area contributed by atoms with Crippen molar-refractivity contribution in [3.63, 3.8) is 0 Å². The van der Waals surface area contributed by atoms with Gasteiger partial charge >= 0.3 is 5.97 Å². The monoisotopic (exact) mass is 214 g/mol. The molecule has 1 aromatic carbocycles. The Morgan fingerprint density at radius 1 is 1.46 bits per heavy atom. The first-order chi connectivity index (χ1) is 6.20. The number of aliphatic carboxylic acids is 1. The van der Waals surface area contributed by atoms with E-state index in [0.717, 1.165) is 9.79 Å². The molecule has 0 unspecified atom stereocenters. The highest BCUT2D eigenvalue weighted by atomic mass is 32.2. The number of carboxylic acids is 1. The lowest BCUT2D eigenvalue weighted by atomic mass is 10.4. The van der Waals surface area contributed by atoms with Crippen molar-refractivity contribution in [3.8, 4) is 0 Å². The Hall–Kier alpha value is -0.610. The van der Waals surface area contributed by atoms with Crippen LogP contribution in [0.4, 0.5) is 0 Å². The van der Waals surface area contributed by atoms with Gasteiger partial charge in [-0.2, -0.15) is 0 Å². The summed E-state index contributed by atoms with van der Waals surface area (Å²) in [6.45, 7) is 0. The van der Waals surface area contributed by atoms with Gasteiger partial charge in [-0.25, -0.2) is 0 Å². The Balaban J connectivity index is 2.45. The van der Waals surface area contributed by atoms with E-state index >= 15 is 0 Å². The summed E-state index contributed by atoms with van der Waals surface area (Å²) in [5.74, 6) is -0.170. The molecule has 1 rings (SSSR count). The maximum atomic E-state index is 10.2. The second-order valence-corrected chi connectivity index (χ2v) is 4.08. The van der Waals surface area contributed by atoms with Crippen LogP contribution in [-0.4, -0.2) is 16.8 Å². The highest BCUT2D eigenvalue weighted by molar-refractivity contribution is 7.99. The average Bonchev–Trinajstić information content (AvgIpc) is 2.08. The first-order valence-corrected chi connectivity index (χ1v) is 5.26. The van der Waals surface area contributed by atoms with Crippen LogP contribution in [0.3, 0.4) is 0 Å². The van der Waals surface area contributed by atoms with Crippen molar-refractivity contribution in [2.45, 2.75) is 16.2 Å². The fourth-order valence-corrected chi connectivity index (χ4v) is 2.07. The fraction of sp³-hybridized carbons (Fsp3) is 0.222. The van der Waals surface area contributed by atoms with E-state index in [2.05, 4.69) is 12.6 Å². The van der Waals surface area contributed by atoms with Crippen LogP contribution < -0.4 is 0 Å². The molecule has 0 aliphatic rings. The van der Waals surface area contributed by atoms with Crippen LogP contribution in [0.15, 0.2) is 34.1 Å². The predicted molar refractivity (Wildman–Crippen MR) is 56.7 cm³/mol. The van der Waals surface area contributed by atoms with E-state index in [9.17, 15) is 4.79 Å². The molecule has 0 spiro atoms. The molecule has 0 aromatic heterocycles. The molecule has 0 aliphatic carbocycles. The van der Waals surface area contributed by atoms with Gasteiger partial charge in [-0.1, -0.05) is 12.1 Å². The first kappa shape index (κ1) is 10.5. The quantitative estimate of drug-likeness (QED) is 0.597. The molecule has 0 saturated carbocycles. The predicted octanol–water partition coefficient (Wildman–Crippen LogP) is 2.54. The molecule has 1 N–H and O–H groups in total. The maximum Gasteiger partial charge on any atom is 0.304 e. The van der Waals surface area contributed by atoms with E-state index in [1.165, 1.54) is 11.8 Å². The van der Waals surface area contributed by atoms with Gasteiger partial charge in [0.05, 0.1) is 6.42 Å². The zero-order valence-electron chi connectivity index (χ0n) is 6.93. The summed E-state index contributed by atoms with van der Waals surface area (Å²) in [4.78, 5) is 12.2. The lowest BCUT2D eigenvalue weighted by molar-refractivity contribution is -0.136. The van der Waals surface area contributed by atoms with Gasteiger partial charge in [0.15, 0.2) is 0 Å². The number of hydrogen-bond donors (Lipinski definition) is 2. The molecule has 0 saturated heterocycles. The molecule has 13 heavy (non-hydrogen) atoms. The Labute approximate surface area is 86.8 Å². The minimum absolute atomic E-state index is 0.187. The number of hydrogen-bond acceptors (Lipinski definition) is 3. The number of thioether (sulfide) groups is 1. The van der Waals surface area contributed by atoms with Crippen LogP contribution in [0, 0.1) is 0 Å². The first-order valence-electron chi connectivity index (χ1n) is 3.83. The standard InChI is InChI=1S/C9H10O2S2/c10-9(11)5-6-13-8-4-2-1-3-7(8)12/h1-4,12H,5-6H2,(H,10,11). The van der Waals surface area contributed by atoms with Crippen molar-refractivity contribution in [2.75, 3.05) is 5.75 Å². The summed E-state index contributed by atoms with van der Waals surface area (Å²) >= 11 is 5.77. The van der Waals surface area contributed by atoms with Crippen LogP contribution >= 0.6 is 24.4 Å². The normalized spacial score (nSPS) is 9.92. The lowest BCUT2D eigenvalue weighted by Gasteiger charge is -2.01. The van der Waals surface area contributed by atoms with Crippen molar-refractivity contribution in [3.05, 3.63) is 24.3 Å². The molecule has 0 heterocycles. The van der Waals surface area contributed by atoms with Gasteiger partial charge in [-0.3, -0.25) is 4.79 Å². The van der Waals surface area contributed by atoms with Gasteiger partial charge in [0.2, 0.25) is 0 Å². The Kier molecular flexibility index (Phi) is 4.18. The van der Waals surface area contributed by atoms with Crippen LogP contribution in [0.5, 0.6) is 0 Å². The number of carbonyl (C=O) groups is 1. The molecule has 0 fully saturated rings. The third-order valence-corrected chi connectivity index (χ3v) is 3.06. The van der Waals surface area contributed by atoms with E-state index in [0.29, 0.717) is 5.75 Å². The maximum absolute atomic E-state index is 10.2. The zero-order valence-corrected chi connectivity index (χ0v) is 8.65. The van der Waals surface area contributed by atoms with Crippen molar-refractivity contribution >= 4 is 30.4 Å². The van der Waals surface area contributed by atoms with Crippen LogP contribution in [0.2, 0.25) is 0 Å². The van der Waals surface area contributed by atoms with E-state index in [1.807, 2.05) is 24.3 Å². The van der Waals surface area contributed by atoms with E-state index in [4.69, 9.17) is 5.11 Å². The minimum Gasteiger partial charge on any atom is -0.481 e. The summed E-state index contributed by atoms with van der Waals surface area (Å²) in [5.41, 5.74) is 0. The van der Waals surface area contributed by atoms with Gasteiger partial charge in [0, 0.05) is 15.5 Å². The minimum atomic E-state index is -0.760. The summed E-state index contributed by atoms with van der Waals surface area (Å²) in [6.07, 6.45) is 0.187. The summed E-state index contributed by atoms with van der Waals surface area (Å²) in [5, 5.41) is 8.43. The van der Waals surface area contributed by atoms with Crippen molar-refractivity contribution < 1.29 is 9.90 Å². The number of rotatable bonds is 4. The molecule has 70 valence electrons. The van der Waals surface area contributed by atoms with E-state index < -0.39 is 5.97 Å². The highest BCUT2D eigenvalue weighted by Gasteiger charge is 2.00. The molecular formula is C9H10O2S2. The Morgan fingerprint density at radius 2 is 2.15 bits per heavy atom. The van der Waals surface area contributed by atoms with Gasteiger partial charge in [-0.15, -0.1) is 24.4 Å². The van der Waals surface area contributed by atoms with Crippen molar-refractivity contribution in [2.24, 2.45) is 0 Å². The Morgan fingerprint density at radius 3 is 2.77 bits per heavy atom. The van der Waals surface area contributed by atoms with Gasteiger partial charge < -0.3 is 5.11 Å². The molecular weight excluding hydrogens is 204 g/mol.